The van der Waals surface area contributed by atoms with Crippen molar-refractivity contribution in [3.8, 4) is 0 Å². The van der Waals surface area contributed by atoms with Gasteiger partial charge in [-0.1, -0.05) is 0 Å². The predicted octanol–water partition coefficient (Wildman–Crippen LogP) is -0.531. The molecule has 2 aliphatic heterocycles. The molecule has 0 radical (unpaired) electrons. The number of nitrogens with two attached hydrogens (primary N) is 1. The largest absolute Gasteiger partial charge is 0.381 e. The first-order valence-electron chi connectivity index (χ1n) is 6.23. The van der Waals surface area contributed by atoms with Crippen molar-refractivity contribution in [2.24, 2.45) is 11.7 Å². The van der Waals surface area contributed by atoms with Crippen LogP contribution >= 0.6 is 0 Å². The fourth-order valence-corrected chi connectivity index (χ4v) is 4.70. The van der Waals surface area contributed by atoms with Gasteiger partial charge in [0.05, 0.1) is 18.1 Å². The van der Waals surface area contributed by atoms with Crippen LogP contribution in [-0.2, 0) is 14.6 Å². The minimum absolute atomic E-state index is 0.133. The molecule has 0 saturated carbocycles. The number of hydrogen-bond donors (Lipinski definition) is 1. The molecule has 6 heteroatoms. The molecule has 0 spiro atoms. The van der Waals surface area contributed by atoms with Gasteiger partial charge in [0.1, 0.15) is 0 Å². The predicted molar refractivity (Wildman–Crippen MR) is 66.6 cm³/mol. The quantitative estimate of drug-likeness (QED) is 0.737. The fourth-order valence-electron chi connectivity index (χ4n) is 2.91. The van der Waals surface area contributed by atoms with E-state index >= 15 is 0 Å². The van der Waals surface area contributed by atoms with Gasteiger partial charge in [0.15, 0.2) is 9.84 Å². The molecule has 17 heavy (non-hydrogen) atoms. The molecule has 2 rings (SSSR count). The van der Waals surface area contributed by atoms with Gasteiger partial charge >= 0.3 is 0 Å². The summed E-state index contributed by atoms with van der Waals surface area (Å²) in [4.78, 5) is 2.17. The highest BCUT2D eigenvalue weighted by Gasteiger charge is 2.36. The van der Waals surface area contributed by atoms with Crippen molar-refractivity contribution in [1.29, 1.82) is 0 Å². The van der Waals surface area contributed by atoms with Gasteiger partial charge in [-0.25, -0.2) is 8.42 Å². The molecule has 0 aromatic heterocycles. The molecule has 3 unspecified atom stereocenters. The van der Waals surface area contributed by atoms with Crippen LogP contribution in [0.3, 0.4) is 0 Å². The van der Waals surface area contributed by atoms with Crippen molar-refractivity contribution < 1.29 is 13.2 Å². The van der Waals surface area contributed by atoms with E-state index in [4.69, 9.17) is 10.5 Å². The zero-order valence-electron chi connectivity index (χ0n) is 10.3. The third kappa shape index (κ3) is 2.99. The summed E-state index contributed by atoms with van der Waals surface area (Å²) in [6.45, 7) is 2.13. The first-order valence-corrected chi connectivity index (χ1v) is 8.06. The Morgan fingerprint density at radius 2 is 2.24 bits per heavy atom. The normalized spacial score (nSPS) is 34.3. The lowest BCUT2D eigenvalue weighted by Gasteiger charge is -2.35. The van der Waals surface area contributed by atoms with E-state index < -0.39 is 9.84 Å². The summed E-state index contributed by atoms with van der Waals surface area (Å²) in [6, 6.07) is 0.380. The molecule has 3 atom stereocenters. The summed E-state index contributed by atoms with van der Waals surface area (Å²) >= 11 is 0. The molecule has 0 aromatic carbocycles. The van der Waals surface area contributed by atoms with Crippen molar-refractivity contribution in [2.75, 3.05) is 38.3 Å². The van der Waals surface area contributed by atoms with Crippen LogP contribution in [0.4, 0.5) is 0 Å². The van der Waals surface area contributed by atoms with Crippen molar-refractivity contribution >= 4 is 9.84 Å². The van der Waals surface area contributed by atoms with Crippen molar-refractivity contribution in [3.63, 3.8) is 0 Å². The van der Waals surface area contributed by atoms with E-state index in [0.29, 0.717) is 18.2 Å². The van der Waals surface area contributed by atoms with Crippen LogP contribution in [0.5, 0.6) is 0 Å². The number of ether oxygens (including phenoxy) is 1. The van der Waals surface area contributed by atoms with Crippen molar-refractivity contribution in [1.82, 2.24) is 4.90 Å². The van der Waals surface area contributed by atoms with Crippen molar-refractivity contribution in [2.45, 2.75) is 24.9 Å². The molecule has 0 aromatic rings. The SMILES string of the molecule is CN(C1CCS(=O)(=O)C1)C(CN)C1CCOC1. The molecule has 2 fully saturated rings. The van der Waals surface area contributed by atoms with Gasteiger partial charge in [0, 0.05) is 31.2 Å². The minimum Gasteiger partial charge on any atom is -0.381 e. The van der Waals surface area contributed by atoms with Gasteiger partial charge in [-0.05, 0) is 19.9 Å². The lowest BCUT2D eigenvalue weighted by Crippen LogP contribution is -2.49. The number of nitrogens with zero attached hydrogens (tertiary/aromatic N) is 1. The van der Waals surface area contributed by atoms with Gasteiger partial charge < -0.3 is 10.5 Å². The van der Waals surface area contributed by atoms with Gasteiger partial charge in [0.25, 0.3) is 0 Å². The summed E-state index contributed by atoms with van der Waals surface area (Å²) < 4.78 is 28.4. The Balaban J connectivity index is 1.99. The van der Waals surface area contributed by atoms with Crippen LogP contribution in [-0.4, -0.2) is 63.7 Å². The van der Waals surface area contributed by atoms with E-state index in [1.165, 1.54) is 0 Å². The standard InChI is InChI=1S/C11H22N2O3S/c1-13(10-3-5-17(14,15)8-10)11(6-12)9-2-4-16-7-9/h9-11H,2-8,12H2,1H3. The van der Waals surface area contributed by atoms with Crippen LogP contribution in [0.25, 0.3) is 0 Å². The second-order valence-electron chi connectivity index (χ2n) is 5.15. The van der Waals surface area contributed by atoms with Gasteiger partial charge in [-0.2, -0.15) is 0 Å². The zero-order chi connectivity index (χ0) is 12.5. The van der Waals surface area contributed by atoms with E-state index in [0.717, 1.165) is 26.1 Å². The third-order valence-electron chi connectivity index (χ3n) is 4.06. The summed E-state index contributed by atoms with van der Waals surface area (Å²) in [5, 5.41) is 0. The molecule has 2 aliphatic rings. The summed E-state index contributed by atoms with van der Waals surface area (Å²) in [5.74, 6) is 1.06. The zero-order valence-corrected chi connectivity index (χ0v) is 11.2. The maximum atomic E-state index is 11.5. The van der Waals surface area contributed by atoms with Gasteiger partial charge in [-0.3, -0.25) is 4.90 Å². The van der Waals surface area contributed by atoms with Gasteiger partial charge in [0.2, 0.25) is 0 Å². The Morgan fingerprint density at radius 1 is 1.47 bits per heavy atom. The summed E-state index contributed by atoms with van der Waals surface area (Å²) in [5.41, 5.74) is 5.84. The number of rotatable bonds is 4. The number of sulfone groups is 1. The van der Waals surface area contributed by atoms with Gasteiger partial charge in [-0.15, -0.1) is 0 Å². The molecule has 2 saturated heterocycles. The number of hydrogen-bond acceptors (Lipinski definition) is 5. The molecule has 0 bridgehead atoms. The molecular formula is C11H22N2O3S. The van der Waals surface area contributed by atoms with E-state index in [9.17, 15) is 8.42 Å². The first kappa shape index (κ1) is 13.3. The van der Waals surface area contributed by atoms with E-state index in [1.54, 1.807) is 0 Å². The van der Waals surface area contributed by atoms with E-state index in [2.05, 4.69) is 4.90 Å². The minimum atomic E-state index is -2.82. The van der Waals surface area contributed by atoms with Crippen molar-refractivity contribution in [3.05, 3.63) is 0 Å². The topological polar surface area (TPSA) is 72.6 Å². The van der Waals surface area contributed by atoms with Crippen LogP contribution in [0.1, 0.15) is 12.8 Å². The summed E-state index contributed by atoms with van der Waals surface area (Å²) in [6.07, 6.45) is 1.77. The molecule has 2 heterocycles. The van der Waals surface area contributed by atoms with E-state index in [1.807, 2.05) is 7.05 Å². The molecule has 0 aliphatic carbocycles. The molecular weight excluding hydrogens is 240 g/mol. The summed E-state index contributed by atoms with van der Waals surface area (Å²) in [7, 11) is -0.818. The average Bonchev–Trinajstić information content (AvgIpc) is 2.88. The first-order chi connectivity index (χ1) is 8.03. The smallest absolute Gasteiger partial charge is 0.151 e. The highest BCUT2D eigenvalue weighted by Crippen LogP contribution is 2.25. The Morgan fingerprint density at radius 3 is 2.71 bits per heavy atom. The van der Waals surface area contributed by atoms with Crippen LogP contribution in [0.15, 0.2) is 0 Å². The lowest BCUT2D eigenvalue weighted by atomic mass is 9.96. The molecule has 0 amide bonds. The maximum Gasteiger partial charge on any atom is 0.151 e. The Bertz CT molecular complexity index is 352. The third-order valence-corrected chi connectivity index (χ3v) is 5.81. The Hall–Kier alpha value is -0.170. The Kier molecular flexibility index (Phi) is 4.07. The second-order valence-corrected chi connectivity index (χ2v) is 7.38. The monoisotopic (exact) mass is 262 g/mol. The molecule has 5 nitrogen and oxygen atoms in total. The van der Waals surface area contributed by atoms with Crippen LogP contribution in [0.2, 0.25) is 0 Å². The lowest BCUT2D eigenvalue weighted by molar-refractivity contribution is 0.117. The van der Waals surface area contributed by atoms with Crippen LogP contribution < -0.4 is 5.73 Å². The molecule has 2 N–H and O–H groups in total. The highest BCUT2D eigenvalue weighted by molar-refractivity contribution is 7.91. The maximum absolute atomic E-state index is 11.5. The highest BCUT2D eigenvalue weighted by atomic mass is 32.2. The second kappa shape index (κ2) is 5.22. The van der Waals surface area contributed by atoms with E-state index in [-0.39, 0.29) is 17.8 Å². The fraction of sp³-hybridized carbons (Fsp3) is 1.00. The average molecular weight is 262 g/mol. The van der Waals surface area contributed by atoms with Crippen LogP contribution in [0, 0.1) is 5.92 Å². The molecule has 100 valence electrons. The Labute approximate surface area is 103 Å². The number of likely N-dealkylation sites (N-methyl/N-ethyl adjacent to an activating group) is 1.